The van der Waals surface area contributed by atoms with Crippen molar-refractivity contribution in [1.29, 1.82) is 0 Å². The van der Waals surface area contributed by atoms with Gasteiger partial charge in [0.25, 0.3) is 5.56 Å². The van der Waals surface area contributed by atoms with Crippen LogP contribution in [0.5, 0.6) is 5.75 Å². The molecule has 0 saturated heterocycles. The number of aromatic nitrogens is 1. The lowest BCUT2D eigenvalue weighted by Crippen LogP contribution is -2.25. The molecule has 118 valence electrons. The Morgan fingerprint density at radius 1 is 1.09 bits per heavy atom. The Hall–Kier alpha value is -2.07. The molecule has 0 bridgehead atoms. The predicted molar refractivity (Wildman–Crippen MR) is 88.1 cm³/mol. The van der Waals surface area contributed by atoms with Gasteiger partial charge in [-0.25, -0.2) is 0 Å². The van der Waals surface area contributed by atoms with Gasteiger partial charge in [-0.1, -0.05) is 13.3 Å². The van der Waals surface area contributed by atoms with Crippen LogP contribution in [0.4, 0.5) is 0 Å². The molecular formula is C18H23NO3. The summed E-state index contributed by atoms with van der Waals surface area (Å²) in [4.78, 5) is 12.4. The molecule has 1 heterocycles. The van der Waals surface area contributed by atoms with Gasteiger partial charge in [0.2, 0.25) is 0 Å². The maximum atomic E-state index is 12.4. The first kappa shape index (κ1) is 16.3. The molecule has 0 atom stereocenters. The van der Waals surface area contributed by atoms with E-state index < -0.39 is 0 Å². The molecule has 4 heteroatoms. The zero-order valence-electron chi connectivity index (χ0n) is 13.2. The molecule has 22 heavy (non-hydrogen) atoms. The van der Waals surface area contributed by atoms with Crippen molar-refractivity contribution in [2.45, 2.75) is 39.8 Å². The van der Waals surface area contributed by atoms with E-state index in [2.05, 4.69) is 6.92 Å². The Labute approximate surface area is 131 Å². The molecule has 1 aromatic heterocycles. The van der Waals surface area contributed by atoms with Crippen molar-refractivity contribution in [3.05, 3.63) is 52.3 Å². The largest absolute Gasteiger partial charge is 0.494 e. The quantitative estimate of drug-likeness (QED) is 0.854. The Kier molecular flexibility index (Phi) is 5.78. The molecule has 1 N–H and O–H groups in total. The zero-order chi connectivity index (χ0) is 15.9. The zero-order valence-corrected chi connectivity index (χ0v) is 13.2. The van der Waals surface area contributed by atoms with Crippen LogP contribution in [0.2, 0.25) is 0 Å². The molecule has 2 rings (SSSR count). The van der Waals surface area contributed by atoms with E-state index in [1.807, 2.05) is 37.3 Å². The molecule has 0 aliphatic carbocycles. The summed E-state index contributed by atoms with van der Waals surface area (Å²) in [7, 11) is 0. The first-order valence-corrected chi connectivity index (χ1v) is 7.78. The smallest absolute Gasteiger partial charge is 0.256 e. The van der Waals surface area contributed by atoms with Crippen LogP contribution in [0.15, 0.2) is 41.2 Å². The van der Waals surface area contributed by atoms with Gasteiger partial charge in [-0.15, -0.1) is 0 Å². The fourth-order valence-corrected chi connectivity index (χ4v) is 2.42. The highest BCUT2D eigenvalue weighted by Crippen LogP contribution is 2.22. The summed E-state index contributed by atoms with van der Waals surface area (Å²) >= 11 is 0. The molecule has 0 unspecified atom stereocenters. The lowest BCUT2D eigenvalue weighted by molar-refractivity contribution is 0.279. The molecule has 0 spiro atoms. The first-order valence-electron chi connectivity index (χ1n) is 7.78. The lowest BCUT2D eigenvalue weighted by atomic mass is 10.1. The fraction of sp³-hybridized carbons (Fsp3) is 0.389. The lowest BCUT2D eigenvalue weighted by Gasteiger charge is -2.14. The number of benzene rings is 1. The standard InChI is InChI=1S/C18H23NO3/c1-3-5-12-19-17(11-8-15(13-20)18(19)21)14-6-9-16(10-7-14)22-4-2/h6-11,20H,3-5,12-13H2,1-2H3. The Morgan fingerprint density at radius 3 is 2.41 bits per heavy atom. The van der Waals surface area contributed by atoms with Crippen molar-refractivity contribution in [3.8, 4) is 17.0 Å². The highest BCUT2D eigenvalue weighted by Gasteiger charge is 2.10. The Morgan fingerprint density at radius 2 is 1.82 bits per heavy atom. The molecule has 0 saturated carbocycles. The molecule has 0 aliphatic heterocycles. The summed E-state index contributed by atoms with van der Waals surface area (Å²) in [5.74, 6) is 0.820. The number of aliphatic hydroxyl groups is 1. The van der Waals surface area contributed by atoms with E-state index >= 15 is 0 Å². The maximum absolute atomic E-state index is 12.4. The third-order valence-corrected chi connectivity index (χ3v) is 3.62. The highest BCUT2D eigenvalue weighted by molar-refractivity contribution is 5.61. The molecule has 2 aromatic rings. The molecule has 4 nitrogen and oxygen atoms in total. The SMILES string of the molecule is CCCCn1c(-c2ccc(OCC)cc2)ccc(CO)c1=O. The number of aliphatic hydroxyl groups excluding tert-OH is 1. The van der Waals surface area contributed by atoms with E-state index in [0.29, 0.717) is 18.7 Å². The second kappa shape index (κ2) is 7.80. The van der Waals surface area contributed by atoms with Gasteiger partial charge < -0.3 is 14.4 Å². The number of rotatable bonds is 7. The van der Waals surface area contributed by atoms with Gasteiger partial charge in [0.05, 0.1) is 18.9 Å². The minimum Gasteiger partial charge on any atom is -0.494 e. The van der Waals surface area contributed by atoms with Crippen LogP contribution < -0.4 is 10.3 Å². The predicted octanol–water partition coefficient (Wildman–Crippen LogP) is 3.21. The number of hydrogen-bond donors (Lipinski definition) is 1. The minimum atomic E-state index is -0.228. The van der Waals surface area contributed by atoms with Crippen molar-refractivity contribution >= 4 is 0 Å². The molecule has 0 amide bonds. The maximum Gasteiger partial charge on any atom is 0.256 e. The first-order chi connectivity index (χ1) is 10.7. The number of unbranched alkanes of at least 4 members (excludes halogenated alkanes) is 1. The number of nitrogens with zero attached hydrogens (tertiary/aromatic N) is 1. The summed E-state index contributed by atoms with van der Waals surface area (Å²) in [6.07, 6.45) is 1.94. The van der Waals surface area contributed by atoms with Gasteiger partial charge in [-0.2, -0.15) is 0 Å². The molecule has 0 aliphatic rings. The van der Waals surface area contributed by atoms with Crippen molar-refractivity contribution < 1.29 is 9.84 Å². The van der Waals surface area contributed by atoms with Crippen LogP contribution in [-0.4, -0.2) is 16.3 Å². The normalized spacial score (nSPS) is 10.7. The van der Waals surface area contributed by atoms with E-state index in [9.17, 15) is 9.90 Å². The van der Waals surface area contributed by atoms with Gasteiger partial charge in [0, 0.05) is 12.1 Å². The van der Waals surface area contributed by atoms with E-state index in [0.717, 1.165) is 29.8 Å². The van der Waals surface area contributed by atoms with Crippen molar-refractivity contribution in [2.75, 3.05) is 6.61 Å². The van der Waals surface area contributed by atoms with Crippen molar-refractivity contribution in [1.82, 2.24) is 4.57 Å². The van der Waals surface area contributed by atoms with E-state index in [1.165, 1.54) is 0 Å². The number of pyridine rings is 1. The fourth-order valence-electron chi connectivity index (χ4n) is 2.42. The molecule has 0 radical (unpaired) electrons. The summed E-state index contributed by atoms with van der Waals surface area (Å²) in [5.41, 5.74) is 2.17. The summed E-state index contributed by atoms with van der Waals surface area (Å²) in [5, 5.41) is 9.30. The average molecular weight is 301 g/mol. The molecular weight excluding hydrogens is 278 g/mol. The molecule has 1 aromatic carbocycles. The second-order valence-corrected chi connectivity index (χ2v) is 5.17. The summed E-state index contributed by atoms with van der Waals surface area (Å²) < 4.78 is 7.21. The monoisotopic (exact) mass is 301 g/mol. The van der Waals surface area contributed by atoms with Crippen LogP contribution in [-0.2, 0) is 13.2 Å². The summed E-state index contributed by atoms with van der Waals surface area (Å²) in [6.45, 7) is 5.10. The van der Waals surface area contributed by atoms with E-state index in [-0.39, 0.29) is 12.2 Å². The number of hydrogen-bond acceptors (Lipinski definition) is 3. The van der Waals surface area contributed by atoms with Crippen molar-refractivity contribution in [2.24, 2.45) is 0 Å². The van der Waals surface area contributed by atoms with Gasteiger partial charge >= 0.3 is 0 Å². The Bertz CT molecular complexity index is 659. The second-order valence-electron chi connectivity index (χ2n) is 5.17. The van der Waals surface area contributed by atoms with Crippen molar-refractivity contribution in [3.63, 3.8) is 0 Å². The van der Waals surface area contributed by atoms with Crippen LogP contribution in [0, 0.1) is 0 Å². The van der Waals surface area contributed by atoms with E-state index in [1.54, 1.807) is 10.6 Å². The van der Waals surface area contributed by atoms with Crippen LogP contribution in [0.25, 0.3) is 11.3 Å². The minimum absolute atomic E-state index is 0.109. The highest BCUT2D eigenvalue weighted by atomic mass is 16.5. The average Bonchev–Trinajstić information content (AvgIpc) is 2.54. The van der Waals surface area contributed by atoms with Gasteiger partial charge in [0.1, 0.15) is 5.75 Å². The van der Waals surface area contributed by atoms with Gasteiger partial charge in [0.15, 0.2) is 0 Å². The topological polar surface area (TPSA) is 51.5 Å². The third-order valence-electron chi connectivity index (χ3n) is 3.62. The summed E-state index contributed by atoms with van der Waals surface area (Å²) in [6, 6.07) is 11.3. The third kappa shape index (κ3) is 3.57. The van der Waals surface area contributed by atoms with Gasteiger partial charge in [-0.3, -0.25) is 4.79 Å². The van der Waals surface area contributed by atoms with Crippen LogP contribution >= 0.6 is 0 Å². The molecule has 0 fully saturated rings. The van der Waals surface area contributed by atoms with Gasteiger partial charge in [-0.05, 0) is 55.3 Å². The van der Waals surface area contributed by atoms with Crippen LogP contribution in [0.1, 0.15) is 32.3 Å². The number of ether oxygens (including phenoxy) is 1. The Balaban J connectivity index is 2.44. The van der Waals surface area contributed by atoms with E-state index in [4.69, 9.17) is 4.74 Å². The van der Waals surface area contributed by atoms with Crippen LogP contribution in [0.3, 0.4) is 0 Å².